The number of halogens is 2. The summed E-state index contributed by atoms with van der Waals surface area (Å²) in [5, 5.41) is 3.57. The number of rotatable bonds is 10. The minimum atomic E-state index is -0.769. The summed E-state index contributed by atoms with van der Waals surface area (Å²) in [6.07, 6.45) is 0.961. The molecule has 0 aliphatic carbocycles. The first kappa shape index (κ1) is 25.4. The van der Waals surface area contributed by atoms with E-state index in [1.54, 1.807) is 35.2 Å². The number of hydrogen-bond acceptors (Lipinski definition) is 2. The lowest BCUT2D eigenvalue weighted by atomic mass is 10.0. The molecule has 1 N–H and O–H groups in total. The van der Waals surface area contributed by atoms with Gasteiger partial charge in [0.25, 0.3) is 0 Å². The second-order valence-electron chi connectivity index (χ2n) is 8.44. The van der Waals surface area contributed by atoms with Crippen molar-refractivity contribution in [2.24, 2.45) is 0 Å². The van der Waals surface area contributed by atoms with Crippen LogP contribution in [0.1, 0.15) is 37.0 Å². The summed E-state index contributed by atoms with van der Waals surface area (Å²) < 4.78 is 14.4. The highest BCUT2D eigenvalue weighted by Gasteiger charge is 2.31. The van der Waals surface area contributed by atoms with Crippen LogP contribution in [0.2, 0.25) is 5.02 Å². The molecule has 0 aliphatic heterocycles. The largest absolute Gasteiger partial charge is 0.352 e. The van der Waals surface area contributed by atoms with Crippen molar-refractivity contribution in [3.63, 3.8) is 0 Å². The smallest absolute Gasteiger partial charge is 0.243 e. The van der Waals surface area contributed by atoms with E-state index in [9.17, 15) is 14.0 Å². The number of nitrogens with zero attached hydrogens (tertiary/aromatic N) is 1. The predicted octanol–water partition coefficient (Wildman–Crippen LogP) is 5.58. The number of benzene rings is 3. The highest BCUT2D eigenvalue weighted by Crippen LogP contribution is 2.19. The van der Waals surface area contributed by atoms with Crippen molar-refractivity contribution in [3.8, 4) is 0 Å². The van der Waals surface area contributed by atoms with Crippen molar-refractivity contribution < 1.29 is 14.0 Å². The van der Waals surface area contributed by atoms with Gasteiger partial charge in [-0.2, -0.15) is 0 Å². The van der Waals surface area contributed by atoms with Gasteiger partial charge in [-0.25, -0.2) is 4.39 Å². The third kappa shape index (κ3) is 7.16. The Bertz CT molecular complexity index is 1110. The molecule has 2 amide bonds. The fraction of sp³-hybridized carbons (Fsp3) is 0.286. The molecular weight excluding hydrogens is 451 g/mol. The Balaban J connectivity index is 1.98. The van der Waals surface area contributed by atoms with Crippen LogP contribution in [-0.4, -0.2) is 28.8 Å². The molecule has 6 heteroatoms. The molecule has 0 aliphatic rings. The van der Waals surface area contributed by atoms with Crippen molar-refractivity contribution >= 4 is 23.4 Å². The summed E-state index contributed by atoms with van der Waals surface area (Å²) in [7, 11) is 0. The molecule has 2 atom stereocenters. The molecule has 3 aromatic carbocycles. The lowest BCUT2D eigenvalue weighted by molar-refractivity contribution is -0.141. The molecule has 0 heterocycles. The Hall–Kier alpha value is -3.18. The van der Waals surface area contributed by atoms with E-state index in [0.717, 1.165) is 17.5 Å². The van der Waals surface area contributed by atoms with Gasteiger partial charge in [-0.05, 0) is 48.2 Å². The van der Waals surface area contributed by atoms with Gasteiger partial charge in [-0.1, -0.05) is 79.2 Å². The summed E-state index contributed by atoms with van der Waals surface area (Å²) in [5.41, 5.74) is 2.02. The van der Waals surface area contributed by atoms with Crippen LogP contribution >= 0.6 is 11.6 Å². The van der Waals surface area contributed by atoms with E-state index in [-0.39, 0.29) is 30.8 Å². The summed E-state index contributed by atoms with van der Waals surface area (Å²) in [6.45, 7) is 4.10. The SMILES string of the molecule is CC[C@H](C)NC(=O)[C@@H](Cc1ccccc1)N(Cc1cccc(Cl)c1)C(=O)Cc1ccccc1F. The molecule has 178 valence electrons. The number of nitrogens with one attached hydrogen (secondary N) is 1. The second-order valence-corrected chi connectivity index (χ2v) is 8.88. The van der Waals surface area contributed by atoms with Gasteiger partial charge in [-0.15, -0.1) is 0 Å². The van der Waals surface area contributed by atoms with Crippen molar-refractivity contribution in [1.82, 2.24) is 10.2 Å². The molecule has 3 rings (SSSR count). The van der Waals surface area contributed by atoms with Crippen LogP contribution in [0, 0.1) is 5.82 Å². The Morgan fingerprint density at radius 3 is 2.32 bits per heavy atom. The van der Waals surface area contributed by atoms with E-state index in [2.05, 4.69) is 5.32 Å². The van der Waals surface area contributed by atoms with E-state index in [0.29, 0.717) is 17.0 Å². The lowest BCUT2D eigenvalue weighted by Crippen LogP contribution is -2.52. The first-order chi connectivity index (χ1) is 16.4. The van der Waals surface area contributed by atoms with Gasteiger partial charge in [0, 0.05) is 24.0 Å². The third-order valence-corrected chi connectivity index (χ3v) is 6.05. The maximum Gasteiger partial charge on any atom is 0.243 e. The van der Waals surface area contributed by atoms with Gasteiger partial charge < -0.3 is 10.2 Å². The van der Waals surface area contributed by atoms with Crippen LogP contribution in [0.25, 0.3) is 0 Å². The minimum Gasteiger partial charge on any atom is -0.352 e. The Morgan fingerprint density at radius 2 is 1.65 bits per heavy atom. The molecule has 0 spiro atoms. The zero-order chi connectivity index (χ0) is 24.5. The van der Waals surface area contributed by atoms with Crippen LogP contribution in [0.4, 0.5) is 4.39 Å². The number of carbonyl (C=O) groups excluding carboxylic acids is 2. The first-order valence-electron chi connectivity index (χ1n) is 11.5. The van der Waals surface area contributed by atoms with Crippen LogP contribution < -0.4 is 5.32 Å². The summed E-state index contributed by atoms with van der Waals surface area (Å²) >= 11 is 6.19. The fourth-order valence-electron chi connectivity index (χ4n) is 3.73. The molecule has 0 unspecified atom stereocenters. The molecule has 34 heavy (non-hydrogen) atoms. The Labute approximate surface area is 205 Å². The van der Waals surface area contributed by atoms with Gasteiger partial charge in [0.15, 0.2) is 0 Å². The molecule has 3 aromatic rings. The number of amides is 2. The molecular formula is C28H30ClFN2O2. The highest BCUT2D eigenvalue weighted by atomic mass is 35.5. The highest BCUT2D eigenvalue weighted by molar-refractivity contribution is 6.30. The molecule has 0 fully saturated rings. The average molecular weight is 481 g/mol. The van der Waals surface area contributed by atoms with Gasteiger partial charge in [0.1, 0.15) is 11.9 Å². The molecule has 0 aromatic heterocycles. The standard InChI is InChI=1S/C28H30ClFN2O2/c1-3-20(2)31-28(34)26(17-21-10-5-4-6-11-21)32(19-22-12-9-14-24(29)16-22)27(33)18-23-13-7-8-15-25(23)30/h4-16,20,26H,3,17-19H2,1-2H3,(H,31,34)/t20-,26+/m0/s1. The number of hydrogen-bond donors (Lipinski definition) is 1. The van der Waals surface area contributed by atoms with Crippen molar-refractivity contribution in [3.05, 3.63) is 106 Å². The zero-order valence-electron chi connectivity index (χ0n) is 19.5. The van der Waals surface area contributed by atoms with Gasteiger partial charge >= 0.3 is 0 Å². The molecule has 0 radical (unpaired) electrons. The van der Waals surface area contributed by atoms with Crippen LogP contribution in [0.5, 0.6) is 0 Å². The average Bonchev–Trinajstić information content (AvgIpc) is 2.83. The van der Waals surface area contributed by atoms with E-state index in [1.807, 2.05) is 56.3 Å². The van der Waals surface area contributed by atoms with Gasteiger partial charge in [-0.3, -0.25) is 9.59 Å². The van der Waals surface area contributed by atoms with E-state index < -0.39 is 11.9 Å². The predicted molar refractivity (Wildman–Crippen MR) is 134 cm³/mol. The third-order valence-electron chi connectivity index (χ3n) is 5.81. The number of carbonyl (C=O) groups is 2. The van der Waals surface area contributed by atoms with Gasteiger partial charge in [0.2, 0.25) is 11.8 Å². The van der Waals surface area contributed by atoms with E-state index >= 15 is 0 Å². The molecule has 0 saturated heterocycles. The normalized spacial score (nSPS) is 12.6. The maximum absolute atomic E-state index is 14.4. The topological polar surface area (TPSA) is 49.4 Å². The monoisotopic (exact) mass is 480 g/mol. The molecule has 0 bridgehead atoms. The second kappa shape index (κ2) is 12.3. The van der Waals surface area contributed by atoms with Gasteiger partial charge in [0.05, 0.1) is 6.42 Å². The zero-order valence-corrected chi connectivity index (χ0v) is 20.3. The van der Waals surface area contributed by atoms with Crippen molar-refractivity contribution in [2.45, 2.75) is 51.7 Å². The van der Waals surface area contributed by atoms with E-state index in [4.69, 9.17) is 11.6 Å². The minimum absolute atomic E-state index is 0.0412. The summed E-state index contributed by atoms with van der Waals surface area (Å²) in [6, 6.07) is 22.2. The molecule has 0 saturated carbocycles. The fourth-order valence-corrected chi connectivity index (χ4v) is 3.95. The lowest BCUT2D eigenvalue weighted by Gasteiger charge is -2.32. The van der Waals surface area contributed by atoms with Crippen molar-refractivity contribution in [1.29, 1.82) is 0 Å². The first-order valence-corrected chi connectivity index (χ1v) is 11.9. The Morgan fingerprint density at radius 1 is 0.971 bits per heavy atom. The van der Waals surface area contributed by atoms with Crippen LogP contribution in [0.3, 0.4) is 0 Å². The van der Waals surface area contributed by atoms with Crippen LogP contribution in [0.15, 0.2) is 78.9 Å². The Kier molecular flexibility index (Phi) is 9.23. The molecule has 4 nitrogen and oxygen atoms in total. The van der Waals surface area contributed by atoms with E-state index in [1.165, 1.54) is 6.07 Å². The van der Waals surface area contributed by atoms with Crippen LogP contribution in [-0.2, 0) is 29.0 Å². The summed E-state index contributed by atoms with van der Waals surface area (Å²) in [4.78, 5) is 28.6. The van der Waals surface area contributed by atoms with Crippen molar-refractivity contribution in [2.75, 3.05) is 0 Å². The maximum atomic E-state index is 14.4. The quantitative estimate of drug-likeness (QED) is 0.412. The summed E-state index contributed by atoms with van der Waals surface area (Å²) in [5.74, 6) is -1.00.